The van der Waals surface area contributed by atoms with Crippen molar-refractivity contribution in [2.24, 2.45) is 0 Å². The number of hydrogen-bond acceptors (Lipinski definition) is 4. The molecule has 1 aromatic rings. The van der Waals surface area contributed by atoms with Gasteiger partial charge in [0, 0.05) is 18.8 Å². The zero-order valence-corrected chi connectivity index (χ0v) is 11.5. The van der Waals surface area contributed by atoms with Gasteiger partial charge >= 0.3 is 0 Å². The lowest BCUT2D eigenvalue weighted by molar-refractivity contribution is -0.137. The van der Waals surface area contributed by atoms with E-state index in [1.54, 1.807) is 23.1 Å². The van der Waals surface area contributed by atoms with Gasteiger partial charge in [-0.2, -0.15) is 0 Å². The molecule has 0 unspecified atom stereocenters. The molecule has 2 rings (SSSR count). The van der Waals surface area contributed by atoms with E-state index in [1.165, 1.54) is 0 Å². The standard InChI is InChI=1S/C12H15BrN2O3/c13-10-7-9(14)1-2-11(10)18-8-12(16)15-3-5-17-6-4-15/h1-2,7H,3-6,8,14H2. The average molecular weight is 315 g/mol. The molecule has 18 heavy (non-hydrogen) atoms. The number of morpholine rings is 1. The normalized spacial score (nSPS) is 15.5. The lowest BCUT2D eigenvalue weighted by Gasteiger charge is -2.26. The lowest BCUT2D eigenvalue weighted by atomic mass is 10.3. The first-order valence-electron chi connectivity index (χ1n) is 5.70. The summed E-state index contributed by atoms with van der Waals surface area (Å²) in [4.78, 5) is 13.6. The molecule has 1 saturated heterocycles. The van der Waals surface area contributed by atoms with Crippen LogP contribution in [-0.4, -0.2) is 43.7 Å². The van der Waals surface area contributed by atoms with Gasteiger partial charge in [-0.25, -0.2) is 0 Å². The van der Waals surface area contributed by atoms with Gasteiger partial charge in [0.05, 0.1) is 17.7 Å². The predicted molar refractivity (Wildman–Crippen MR) is 71.4 cm³/mol. The van der Waals surface area contributed by atoms with E-state index in [0.717, 1.165) is 4.47 Å². The van der Waals surface area contributed by atoms with Crippen LogP contribution in [0.4, 0.5) is 5.69 Å². The molecule has 1 amide bonds. The molecule has 0 atom stereocenters. The van der Waals surface area contributed by atoms with Crippen molar-refractivity contribution < 1.29 is 14.3 Å². The van der Waals surface area contributed by atoms with Crippen LogP contribution < -0.4 is 10.5 Å². The third kappa shape index (κ3) is 3.36. The topological polar surface area (TPSA) is 64.8 Å². The molecular formula is C12H15BrN2O3. The van der Waals surface area contributed by atoms with Crippen LogP contribution in [0.2, 0.25) is 0 Å². The summed E-state index contributed by atoms with van der Waals surface area (Å²) in [6, 6.07) is 5.22. The Balaban J connectivity index is 1.88. The van der Waals surface area contributed by atoms with E-state index < -0.39 is 0 Å². The number of halogens is 1. The Morgan fingerprint density at radius 1 is 1.44 bits per heavy atom. The second-order valence-corrected chi connectivity index (χ2v) is 4.83. The van der Waals surface area contributed by atoms with Crippen LogP contribution in [0.3, 0.4) is 0 Å². The number of nitrogens with zero attached hydrogens (tertiary/aromatic N) is 1. The fourth-order valence-electron chi connectivity index (χ4n) is 1.68. The number of carbonyl (C=O) groups excluding carboxylic acids is 1. The summed E-state index contributed by atoms with van der Waals surface area (Å²) < 4.78 is 11.4. The first kappa shape index (κ1) is 13.2. The van der Waals surface area contributed by atoms with Gasteiger partial charge in [-0.05, 0) is 34.1 Å². The Labute approximate surface area is 114 Å². The zero-order chi connectivity index (χ0) is 13.0. The molecule has 2 N–H and O–H groups in total. The molecule has 0 bridgehead atoms. The first-order valence-corrected chi connectivity index (χ1v) is 6.49. The van der Waals surface area contributed by atoms with Crippen molar-refractivity contribution in [2.75, 3.05) is 38.6 Å². The van der Waals surface area contributed by atoms with Gasteiger partial charge in [0.25, 0.3) is 5.91 Å². The maximum absolute atomic E-state index is 11.9. The van der Waals surface area contributed by atoms with Crippen molar-refractivity contribution in [3.63, 3.8) is 0 Å². The number of nitrogen functional groups attached to an aromatic ring is 1. The average Bonchev–Trinajstić information content (AvgIpc) is 2.38. The van der Waals surface area contributed by atoms with Crippen molar-refractivity contribution in [1.29, 1.82) is 0 Å². The minimum Gasteiger partial charge on any atom is -0.483 e. The molecule has 0 radical (unpaired) electrons. The number of nitrogens with two attached hydrogens (primary N) is 1. The van der Waals surface area contributed by atoms with Gasteiger partial charge in [-0.3, -0.25) is 4.79 Å². The van der Waals surface area contributed by atoms with Crippen LogP contribution in [0.1, 0.15) is 0 Å². The van der Waals surface area contributed by atoms with Crippen molar-refractivity contribution in [2.45, 2.75) is 0 Å². The molecule has 1 aliphatic heterocycles. The maximum atomic E-state index is 11.9. The summed E-state index contributed by atoms with van der Waals surface area (Å²) in [5.41, 5.74) is 6.27. The van der Waals surface area contributed by atoms with Gasteiger partial charge in [0.2, 0.25) is 0 Å². The van der Waals surface area contributed by atoms with Crippen LogP contribution in [-0.2, 0) is 9.53 Å². The van der Waals surface area contributed by atoms with Crippen LogP contribution in [0, 0.1) is 0 Å². The van der Waals surface area contributed by atoms with Gasteiger partial charge in [0.15, 0.2) is 6.61 Å². The Bertz CT molecular complexity index is 433. The molecule has 0 aromatic heterocycles. The van der Waals surface area contributed by atoms with Crippen LogP contribution in [0.5, 0.6) is 5.75 Å². The molecule has 1 fully saturated rings. The summed E-state index contributed by atoms with van der Waals surface area (Å²) >= 11 is 3.34. The summed E-state index contributed by atoms with van der Waals surface area (Å²) in [6.45, 7) is 2.48. The van der Waals surface area contributed by atoms with E-state index in [2.05, 4.69) is 15.9 Å². The van der Waals surface area contributed by atoms with Crippen LogP contribution >= 0.6 is 15.9 Å². The highest BCUT2D eigenvalue weighted by Gasteiger charge is 2.17. The summed E-state index contributed by atoms with van der Waals surface area (Å²) in [5, 5.41) is 0. The smallest absolute Gasteiger partial charge is 0.260 e. The van der Waals surface area contributed by atoms with Crippen molar-refractivity contribution >= 4 is 27.5 Å². The van der Waals surface area contributed by atoms with E-state index in [0.29, 0.717) is 37.7 Å². The molecule has 1 heterocycles. The quantitative estimate of drug-likeness (QED) is 0.853. The first-order chi connectivity index (χ1) is 8.66. The fraction of sp³-hybridized carbons (Fsp3) is 0.417. The number of rotatable bonds is 3. The minimum atomic E-state index is -0.0259. The molecule has 0 spiro atoms. The second kappa shape index (κ2) is 6.06. The number of amides is 1. The number of benzene rings is 1. The molecule has 0 aliphatic carbocycles. The highest BCUT2D eigenvalue weighted by Crippen LogP contribution is 2.26. The monoisotopic (exact) mass is 314 g/mol. The molecule has 6 heteroatoms. The Morgan fingerprint density at radius 3 is 2.83 bits per heavy atom. The molecule has 1 aliphatic rings. The number of hydrogen-bond donors (Lipinski definition) is 1. The Morgan fingerprint density at radius 2 is 2.17 bits per heavy atom. The SMILES string of the molecule is Nc1ccc(OCC(=O)N2CCOCC2)c(Br)c1. The van der Waals surface area contributed by atoms with Gasteiger partial charge < -0.3 is 20.1 Å². The number of carbonyl (C=O) groups is 1. The van der Waals surface area contributed by atoms with E-state index >= 15 is 0 Å². The molecule has 1 aromatic carbocycles. The fourth-order valence-corrected chi connectivity index (χ4v) is 2.19. The summed E-state index contributed by atoms with van der Waals surface area (Å²) in [5.74, 6) is 0.591. The summed E-state index contributed by atoms with van der Waals surface area (Å²) in [7, 11) is 0. The highest BCUT2D eigenvalue weighted by molar-refractivity contribution is 9.10. The van der Waals surface area contributed by atoms with E-state index in [1.807, 2.05) is 0 Å². The second-order valence-electron chi connectivity index (χ2n) is 3.97. The molecular weight excluding hydrogens is 300 g/mol. The van der Waals surface area contributed by atoms with E-state index in [9.17, 15) is 4.79 Å². The minimum absolute atomic E-state index is 0.0259. The van der Waals surface area contributed by atoms with E-state index in [-0.39, 0.29) is 12.5 Å². The largest absolute Gasteiger partial charge is 0.483 e. The van der Waals surface area contributed by atoms with Crippen LogP contribution in [0.25, 0.3) is 0 Å². The Kier molecular flexibility index (Phi) is 4.43. The third-order valence-electron chi connectivity index (χ3n) is 2.67. The van der Waals surface area contributed by atoms with E-state index in [4.69, 9.17) is 15.2 Å². The number of anilines is 1. The van der Waals surface area contributed by atoms with Crippen molar-refractivity contribution in [1.82, 2.24) is 4.90 Å². The maximum Gasteiger partial charge on any atom is 0.260 e. The summed E-state index contributed by atoms with van der Waals surface area (Å²) in [6.07, 6.45) is 0. The van der Waals surface area contributed by atoms with Gasteiger partial charge in [-0.1, -0.05) is 0 Å². The highest BCUT2D eigenvalue weighted by atomic mass is 79.9. The van der Waals surface area contributed by atoms with Crippen LogP contribution in [0.15, 0.2) is 22.7 Å². The molecule has 98 valence electrons. The number of ether oxygens (including phenoxy) is 2. The molecule has 0 saturated carbocycles. The third-order valence-corrected chi connectivity index (χ3v) is 3.29. The van der Waals surface area contributed by atoms with Gasteiger partial charge in [-0.15, -0.1) is 0 Å². The molecule has 5 nitrogen and oxygen atoms in total. The lowest BCUT2D eigenvalue weighted by Crippen LogP contribution is -2.43. The van der Waals surface area contributed by atoms with Crippen molar-refractivity contribution in [3.8, 4) is 5.75 Å². The zero-order valence-electron chi connectivity index (χ0n) is 9.89. The van der Waals surface area contributed by atoms with Crippen molar-refractivity contribution in [3.05, 3.63) is 22.7 Å². The predicted octanol–water partition coefficient (Wildman–Crippen LogP) is 1.27. The Hall–Kier alpha value is -1.27. The van der Waals surface area contributed by atoms with Gasteiger partial charge in [0.1, 0.15) is 5.75 Å².